The van der Waals surface area contributed by atoms with Crippen LogP contribution in [0.15, 0.2) is 161 Å². The van der Waals surface area contributed by atoms with Gasteiger partial charge in [0.25, 0.3) is 0 Å². The second kappa shape index (κ2) is 11.9. The Bertz CT molecular complexity index is 2460. The van der Waals surface area contributed by atoms with E-state index in [1.54, 1.807) is 0 Å². The Morgan fingerprint density at radius 3 is 2.15 bits per heavy atom. The fourth-order valence-electron chi connectivity index (χ4n) is 9.60. The zero-order valence-corrected chi connectivity index (χ0v) is 30.8. The molecule has 0 saturated carbocycles. The van der Waals surface area contributed by atoms with Crippen molar-refractivity contribution < 1.29 is 0 Å². The van der Waals surface area contributed by atoms with Crippen LogP contribution in [0.25, 0.3) is 22.9 Å². The number of allylic oxidation sites excluding steroid dienone is 3. The summed E-state index contributed by atoms with van der Waals surface area (Å²) < 4.78 is 0. The maximum Gasteiger partial charge on any atom is 0.0601 e. The molecule has 254 valence electrons. The Hall–Kier alpha value is -5.25. The summed E-state index contributed by atoms with van der Waals surface area (Å²) in [7, 11) is 0. The van der Waals surface area contributed by atoms with Crippen LogP contribution < -0.4 is 9.80 Å². The van der Waals surface area contributed by atoms with Crippen molar-refractivity contribution in [2.45, 2.75) is 54.2 Å². The minimum Gasteiger partial charge on any atom is -0.342 e. The van der Waals surface area contributed by atoms with Crippen LogP contribution in [0, 0.1) is 5.92 Å². The number of nitrogens with zero attached hydrogens (tertiary/aromatic N) is 2. The number of fused-ring (bicyclic) bond motifs is 7. The highest BCUT2D eigenvalue weighted by Gasteiger charge is 2.52. The van der Waals surface area contributed by atoms with Gasteiger partial charge in [0.2, 0.25) is 0 Å². The van der Waals surface area contributed by atoms with E-state index in [2.05, 4.69) is 188 Å². The van der Waals surface area contributed by atoms with Gasteiger partial charge in [-0.3, -0.25) is 0 Å². The number of aryl methyl sites for hydroxylation is 1. The Labute approximate surface area is 311 Å². The first-order chi connectivity index (χ1) is 25.4. The van der Waals surface area contributed by atoms with E-state index in [-0.39, 0.29) is 10.8 Å². The van der Waals surface area contributed by atoms with Crippen LogP contribution in [0.1, 0.15) is 55.0 Å². The second-order valence-corrected chi connectivity index (χ2v) is 16.6. The molecule has 2 atom stereocenters. The first kappa shape index (κ1) is 31.5. The molecule has 0 N–H and O–H groups in total. The summed E-state index contributed by atoms with van der Waals surface area (Å²) in [6.45, 7) is 8.43. The molecule has 3 heteroatoms. The average molecular weight is 691 g/mol. The van der Waals surface area contributed by atoms with Crippen LogP contribution in [0.5, 0.6) is 0 Å². The third-order valence-corrected chi connectivity index (χ3v) is 13.3. The molecule has 4 aliphatic rings. The van der Waals surface area contributed by atoms with Gasteiger partial charge in [-0.05, 0) is 93.9 Å². The monoisotopic (exact) mass is 690 g/mol. The van der Waals surface area contributed by atoms with Crippen molar-refractivity contribution in [3.05, 3.63) is 179 Å². The largest absolute Gasteiger partial charge is 0.342 e. The van der Waals surface area contributed by atoms with Gasteiger partial charge in [-0.25, -0.2) is 0 Å². The smallest absolute Gasteiger partial charge is 0.0601 e. The summed E-state index contributed by atoms with van der Waals surface area (Å²) in [6.07, 6.45) is 14.5. The molecule has 0 aromatic heterocycles. The number of benzene rings is 6. The standard InChI is InChI=1S/C49H42N2S/c1-48(2)40-31-33(25-27-39(40)49(3)29-28-36(32-47(48)49)50-30-12-15-35-13-4-5-18-41(35)50)24-26-34-14-10-17-38-37(34)16-11-21-42(38)51-43-19-6-8-22-45(43)52-46-23-9-7-20-44(46)51/h4-11,13-14,16-29,31-32,47H,12,15,30H2,1-3H3. The molecule has 10 rings (SSSR count). The summed E-state index contributed by atoms with van der Waals surface area (Å²) >= 11 is 1.85. The first-order valence-electron chi connectivity index (χ1n) is 18.7. The third kappa shape index (κ3) is 4.79. The van der Waals surface area contributed by atoms with E-state index >= 15 is 0 Å². The lowest BCUT2D eigenvalue weighted by Gasteiger charge is -2.40. The highest BCUT2D eigenvalue weighted by molar-refractivity contribution is 7.99. The van der Waals surface area contributed by atoms with Crippen molar-refractivity contribution in [3.8, 4) is 0 Å². The highest BCUT2D eigenvalue weighted by atomic mass is 32.2. The maximum atomic E-state index is 2.59. The molecule has 2 unspecified atom stereocenters. The van der Waals surface area contributed by atoms with Gasteiger partial charge in [0.05, 0.1) is 17.1 Å². The minimum atomic E-state index is -0.0316. The van der Waals surface area contributed by atoms with Gasteiger partial charge in [-0.15, -0.1) is 0 Å². The van der Waals surface area contributed by atoms with Crippen molar-refractivity contribution in [2.24, 2.45) is 5.92 Å². The van der Waals surface area contributed by atoms with Crippen LogP contribution in [0.4, 0.5) is 22.7 Å². The average Bonchev–Trinajstić information content (AvgIpc) is 3.36. The van der Waals surface area contributed by atoms with Gasteiger partial charge in [0.15, 0.2) is 0 Å². The van der Waals surface area contributed by atoms with Crippen molar-refractivity contribution in [3.63, 3.8) is 0 Å². The molecular weight excluding hydrogens is 649 g/mol. The molecule has 0 fully saturated rings. The quantitative estimate of drug-likeness (QED) is 0.170. The Morgan fingerprint density at radius 2 is 1.35 bits per heavy atom. The minimum absolute atomic E-state index is 0.00704. The molecule has 2 aliphatic heterocycles. The van der Waals surface area contributed by atoms with E-state index in [1.807, 2.05) is 11.8 Å². The van der Waals surface area contributed by atoms with Gasteiger partial charge in [-0.2, -0.15) is 0 Å². The van der Waals surface area contributed by atoms with Crippen LogP contribution in [0.2, 0.25) is 0 Å². The molecule has 6 aromatic rings. The lowest BCUT2D eigenvalue weighted by atomic mass is 9.66. The Kier molecular flexibility index (Phi) is 7.20. The predicted molar refractivity (Wildman–Crippen MR) is 221 cm³/mol. The topological polar surface area (TPSA) is 6.48 Å². The van der Waals surface area contributed by atoms with Crippen LogP contribution >= 0.6 is 11.8 Å². The normalized spacial score (nSPS) is 21.0. The number of hydrogen-bond acceptors (Lipinski definition) is 3. The second-order valence-electron chi connectivity index (χ2n) is 15.5. The summed E-state index contributed by atoms with van der Waals surface area (Å²) in [5.41, 5.74) is 13.2. The van der Waals surface area contributed by atoms with Gasteiger partial charge in [-0.1, -0.05) is 148 Å². The van der Waals surface area contributed by atoms with Gasteiger partial charge in [0.1, 0.15) is 0 Å². The molecule has 2 heterocycles. The zero-order chi connectivity index (χ0) is 35.0. The predicted octanol–water partition coefficient (Wildman–Crippen LogP) is 13.0. The van der Waals surface area contributed by atoms with Crippen LogP contribution in [-0.2, 0) is 17.3 Å². The van der Waals surface area contributed by atoms with Crippen molar-refractivity contribution in [1.82, 2.24) is 0 Å². The van der Waals surface area contributed by atoms with Gasteiger partial charge in [0, 0.05) is 44.4 Å². The Morgan fingerprint density at radius 1 is 0.654 bits per heavy atom. The summed E-state index contributed by atoms with van der Waals surface area (Å²) in [5, 5.41) is 2.51. The van der Waals surface area contributed by atoms with Gasteiger partial charge >= 0.3 is 0 Å². The fraction of sp³-hybridized carbons (Fsp3) is 0.184. The first-order valence-corrected chi connectivity index (χ1v) is 19.5. The zero-order valence-electron chi connectivity index (χ0n) is 30.0. The van der Waals surface area contributed by atoms with Crippen LogP contribution in [-0.4, -0.2) is 6.54 Å². The maximum absolute atomic E-state index is 2.59. The summed E-state index contributed by atoms with van der Waals surface area (Å²) in [6, 6.07) is 47.1. The summed E-state index contributed by atoms with van der Waals surface area (Å²) in [5.74, 6) is 0.378. The Balaban J connectivity index is 0.996. The van der Waals surface area contributed by atoms with E-state index in [0.29, 0.717) is 5.92 Å². The molecule has 0 saturated heterocycles. The molecule has 0 spiro atoms. The molecule has 2 nitrogen and oxygen atoms in total. The van der Waals surface area contributed by atoms with E-state index in [9.17, 15) is 0 Å². The SMILES string of the molecule is CC1(C)c2cc(C=Cc3cccc4c(N5c6ccccc6Sc6ccccc65)cccc34)ccc2C2(C)C=CC(N3CCCc4ccccc43)=CC12. The fourth-order valence-corrected chi connectivity index (χ4v) is 10.7. The van der Waals surface area contributed by atoms with Crippen LogP contribution in [0.3, 0.4) is 0 Å². The van der Waals surface area contributed by atoms with E-state index in [0.717, 1.165) is 6.54 Å². The van der Waals surface area contributed by atoms with Gasteiger partial charge < -0.3 is 9.80 Å². The lowest BCUT2D eigenvalue weighted by molar-refractivity contribution is 0.321. The van der Waals surface area contributed by atoms with E-state index in [1.165, 1.54) is 89.7 Å². The van der Waals surface area contributed by atoms with Crippen molar-refractivity contribution in [2.75, 3.05) is 16.3 Å². The molecular formula is C49H42N2S. The number of rotatable bonds is 4. The van der Waals surface area contributed by atoms with Crippen molar-refractivity contribution in [1.29, 1.82) is 0 Å². The molecule has 6 aromatic carbocycles. The van der Waals surface area contributed by atoms with E-state index < -0.39 is 0 Å². The highest BCUT2D eigenvalue weighted by Crippen LogP contribution is 2.58. The molecule has 0 amide bonds. The number of anilines is 4. The molecule has 2 aliphatic carbocycles. The molecule has 0 bridgehead atoms. The number of para-hydroxylation sites is 3. The number of hydrogen-bond donors (Lipinski definition) is 0. The molecule has 0 radical (unpaired) electrons. The molecule has 52 heavy (non-hydrogen) atoms. The third-order valence-electron chi connectivity index (χ3n) is 12.2. The van der Waals surface area contributed by atoms with Crippen molar-refractivity contribution >= 4 is 57.4 Å². The summed E-state index contributed by atoms with van der Waals surface area (Å²) in [4.78, 5) is 7.56. The lowest BCUT2D eigenvalue weighted by Crippen LogP contribution is -2.38. The van der Waals surface area contributed by atoms with E-state index in [4.69, 9.17) is 0 Å².